The minimum Gasteiger partial charge on any atom is -0.395 e. The Labute approximate surface area is 211 Å². The molecule has 2 aromatic rings. The Morgan fingerprint density at radius 1 is 0.857 bits per heavy atom. The molecule has 9 nitrogen and oxygen atoms in total. The Kier molecular flexibility index (Phi) is 12.1. The second-order valence-electron chi connectivity index (χ2n) is 7.86. The molecule has 0 aliphatic heterocycles. The molecule has 5 N–H and O–H groups in total. The molecular weight excluding hydrogens is 474 g/mol. The molecule has 10 heteroatoms. The summed E-state index contributed by atoms with van der Waals surface area (Å²) in [5.41, 5.74) is 10.1. The lowest BCUT2D eigenvalue weighted by atomic mass is 9.95. The van der Waals surface area contributed by atoms with Crippen molar-refractivity contribution >= 4 is 24.2 Å². The lowest BCUT2D eigenvalue weighted by molar-refractivity contribution is 0.0255. The van der Waals surface area contributed by atoms with E-state index in [1.807, 2.05) is 18.2 Å². The van der Waals surface area contributed by atoms with Crippen molar-refractivity contribution in [1.29, 1.82) is 0 Å². The zero-order valence-corrected chi connectivity index (χ0v) is 20.7. The summed E-state index contributed by atoms with van der Waals surface area (Å²) in [4.78, 5) is 25.0. The minimum absolute atomic E-state index is 0. The number of methoxy groups -OCH3 is 1. The zero-order valence-electron chi connectivity index (χ0n) is 19.9. The Hall–Kier alpha value is -2.53. The zero-order chi connectivity index (χ0) is 24.3. The Bertz CT molecular complexity index is 988. The van der Waals surface area contributed by atoms with Crippen LogP contribution in [0.25, 0.3) is 11.1 Å². The van der Waals surface area contributed by atoms with Gasteiger partial charge in [0.15, 0.2) is 0 Å². The van der Waals surface area contributed by atoms with Gasteiger partial charge in [-0.3, -0.25) is 9.59 Å². The van der Waals surface area contributed by atoms with Gasteiger partial charge in [-0.2, -0.15) is 0 Å². The fourth-order valence-corrected chi connectivity index (χ4v) is 3.93. The van der Waals surface area contributed by atoms with Gasteiger partial charge < -0.3 is 35.7 Å². The average Bonchev–Trinajstić information content (AvgIpc) is 3.18. The summed E-state index contributed by atoms with van der Waals surface area (Å²) in [6.07, 6.45) is 0. The van der Waals surface area contributed by atoms with Gasteiger partial charge in [0.25, 0.3) is 11.8 Å². The Morgan fingerprint density at radius 3 is 1.89 bits per heavy atom. The molecule has 0 aromatic heterocycles. The predicted molar refractivity (Wildman–Crippen MR) is 135 cm³/mol. The number of aliphatic hydroxyl groups is 1. The highest BCUT2D eigenvalue weighted by Gasteiger charge is 2.29. The number of ether oxygens (including phenoxy) is 3. The molecule has 0 bridgehead atoms. The number of nitrogens with one attached hydrogen (secondary N) is 2. The molecule has 35 heavy (non-hydrogen) atoms. The topological polar surface area (TPSA) is 132 Å². The maximum Gasteiger partial charge on any atom is 0.251 e. The van der Waals surface area contributed by atoms with Gasteiger partial charge in [-0.1, -0.05) is 12.1 Å². The Balaban J connectivity index is 0.00000432. The van der Waals surface area contributed by atoms with Crippen molar-refractivity contribution in [1.82, 2.24) is 10.6 Å². The lowest BCUT2D eigenvalue weighted by Gasteiger charge is -2.12. The van der Waals surface area contributed by atoms with Gasteiger partial charge in [0, 0.05) is 43.8 Å². The van der Waals surface area contributed by atoms with Crippen LogP contribution in [-0.4, -0.2) is 83.3 Å². The fraction of sp³-hybridized carbons (Fsp3) is 0.440. The van der Waals surface area contributed by atoms with Crippen LogP contribution in [0.1, 0.15) is 37.8 Å². The first-order valence-electron chi connectivity index (χ1n) is 11.4. The molecule has 0 radical (unpaired) electrons. The SMILES string of the molecule is COCCOCCOCCNC(=O)c1ccc2c(c1)C(CO)c1cc(C(=O)NCCN)ccc1-2.Cl. The number of halogens is 1. The average molecular weight is 508 g/mol. The van der Waals surface area contributed by atoms with Crippen LogP contribution in [-0.2, 0) is 14.2 Å². The highest BCUT2D eigenvalue weighted by Crippen LogP contribution is 2.45. The second kappa shape index (κ2) is 14.8. The van der Waals surface area contributed by atoms with Crippen LogP contribution in [0, 0.1) is 0 Å². The Morgan fingerprint density at radius 2 is 1.37 bits per heavy atom. The van der Waals surface area contributed by atoms with E-state index in [0.29, 0.717) is 63.8 Å². The van der Waals surface area contributed by atoms with E-state index in [1.165, 1.54) is 0 Å². The van der Waals surface area contributed by atoms with Crippen molar-refractivity contribution in [2.75, 3.05) is 66.4 Å². The van der Waals surface area contributed by atoms with E-state index >= 15 is 0 Å². The van der Waals surface area contributed by atoms with Crippen molar-refractivity contribution < 1.29 is 28.9 Å². The van der Waals surface area contributed by atoms with Gasteiger partial charge in [-0.15, -0.1) is 12.4 Å². The van der Waals surface area contributed by atoms with Gasteiger partial charge in [0.1, 0.15) is 0 Å². The van der Waals surface area contributed by atoms with Crippen molar-refractivity contribution in [2.45, 2.75) is 5.92 Å². The highest BCUT2D eigenvalue weighted by atomic mass is 35.5. The molecule has 2 aromatic carbocycles. The maximum absolute atomic E-state index is 12.6. The summed E-state index contributed by atoms with van der Waals surface area (Å²) in [7, 11) is 1.62. The summed E-state index contributed by atoms with van der Waals surface area (Å²) in [5, 5.41) is 15.7. The number of rotatable bonds is 14. The molecule has 1 atom stereocenters. The largest absolute Gasteiger partial charge is 0.395 e. The molecule has 3 rings (SSSR count). The van der Waals surface area contributed by atoms with Crippen LogP contribution in [0.3, 0.4) is 0 Å². The number of amides is 2. The van der Waals surface area contributed by atoms with Crippen LogP contribution in [0.15, 0.2) is 36.4 Å². The molecule has 0 spiro atoms. The van der Waals surface area contributed by atoms with Crippen molar-refractivity contribution in [3.8, 4) is 11.1 Å². The first kappa shape index (κ1) is 28.7. The predicted octanol–water partition coefficient (Wildman–Crippen LogP) is 1.31. The van der Waals surface area contributed by atoms with Crippen LogP contribution in [0.4, 0.5) is 0 Å². The smallest absolute Gasteiger partial charge is 0.251 e. The molecule has 1 aliphatic rings. The summed E-state index contributed by atoms with van der Waals surface area (Å²) < 4.78 is 15.7. The van der Waals surface area contributed by atoms with Crippen LogP contribution in [0.5, 0.6) is 0 Å². The van der Waals surface area contributed by atoms with E-state index in [1.54, 1.807) is 25.3 Å². The van der Waals surface area contributed by atoms with Gasteiger partial charge in [0.05, 0.1) is 39.6 Å². The monoisotopic (exact) mass is 507 g/mol. The molecule has 1 aliphatic carbocycles. The third-order valence-electron chi connectivity index (χ3n) is 5.62. The molecule has 0 fully saturated rings. The number of fused-ring (bicyclic) bond motifs is 3. The van der Waals surface area contributed by atoms with Crippen LogP contribution >= 0.6 is 12.4 Å². The first-order chi connectivity index (χ1) is 16.6. The van der Waals surface area contributed by atoms with Crippen molar-refractivity contribution in [3.05, 3.63) is 58.7 Å². The first-order valence-corrected chi connectivity index (χ1v) is 11.4. The number of hydrogen-bond donors (Lipinski definition) is 4. The number of carbonyl (C=O) groups is 2. The molecular formula is C25H34ClN3O6. The normalized spacial score (nSPS) is 13.5. The summed E-state index contributed by atoms with van der Waals surface area (Å²) in [6.45, 7) is 3.37. The van der Waals surface area contributed by atoms with Crippen molar-refractivity contribution in [3.63, 3.8) is 0 Å². The molecule has 0 saturated heterocycles. The van der Waals surface area contributed by atoms with Crippen LogP contribution in [0.2, 0.25) is 0 Å². The highest BCUT2D eigenvalue weighted by molar-refractivity contribution is 5.97. The molecule has 1 unspecified atom stereocenters. The van der Waals surface area contributed by atoms with Crippen molar-refractivity contribution in [2.24, 2.45) is 5.73 Å². The van der Waals surface area contributed by atoms with E-state index in [9.17, 15) is 14.7 Å². The number of aliphatic hydroxyl groups excluding tert-OH is 1. The summed E-state index contributed by atoms with van der Waals surface area (Å²) >= 11 is 0. The van der Waals surface area contributed by atoms with Crippen LogP contribution < -0.4 is 16.4 Å². The molecule has 0 saturated carbocycles. The maximum atomic E-state index is 12.6. The fourth-order valence-electron chi connectivity index (χ4n) is 3.93. The minimum atomic E-state index is -0.304. The number of nitrogens with two attached hydrogens (primary N) is 1. The quantitative estimate of drug-likeness (QED) is 0.283. The third kappa shape index (κ3) is 7.47. The number of hydrogen-bond acceptors (Lipinski definition) is 7. The van der Waals surface area contributed by atoms with E-state index in [-0.39, 0.29) is 36.7 Å². The third-order valence-corrected chi connectivity index (χ3v) is 5.62. The summed E-state index contributed by atoms with van der Waals surface area (Å²) in [6, 6.07) is 10.9. The van der Waals surface area contributed by atoms with E-state index in [4.69, 9.17) is 19.9 Å². The number of benzene rings is 2. The second-order valence-corrected chi connectivity index (χ2v) is 7.86. The van der Waals surface area contributed by atoms with E-state index < -0.39 is 0 Å². The molecule has 2 amide bonds. The standard InChI is InChI=1S/C25H33N3O6.ClH/c1-32-10-11-34-13-12-33-9-8-28-25(31)18-3-5-20-19-4-2-17(24(30)27-7-6-26)14-21(19)23(16-29)22(20)15-18;/h2-5,14-15,23,29H,6-13,16,26H2,1H3,(H,27,30)(H,28,31);1H. The lowest BCUT2D eigenvalue weighted by Crippen LogP contribution is -2.29. The van der Waals surface area contributed by atoms with E-state index in [2.05, 4.69) is 10.6 Å². The number of carbonyl (C=O) groups excluding carboxylic acids is 2. The van der Waals surface area contributed by atoms with Gasteiger partial charge >= 0.3 is 0 Å². The summed E-state index contributed by atoms with van der Waals surface area (Å²) in [5.74, 6) is -0.719. The van der Waals surface area contributed by atoms with Gasteiger partial charge in [-0.05, 0) is 46.5 Å². The molecule has 192 valence electrons. The van der Waals surface area contributed by atoms with Gasteiger partial charge in [-0.25, -0.2) is 0 Å². The van der Waals surface area contributed by atoms with Gasteiger partial charge in [0.2, 0.25) is 0 Å². The molecule has 0 heterocycles. The van der Waals surface area contributed by atoms with E-state index in [0.717, 1.165) is 22.3 Å².